The molecular formula is C16H14ClNO4S2. The van der Waals surface area contributed by atoms with Gasteiger partial charge in [-0.25, -0.2) is 18.6 Å². The first-order valence-electron chi connectivity index (χ1n) is 6.78. The first-order valence-corrected chi connectivity index (χ1v) is 10.2. The lowest BCUT2D eigenvalue weighted by Crippen LogP contribution is -2.68. The van der Waals surface area contributed by atoms with E-state index in [2.05, 4.69) is 62.4 Å². The topological polar surface area (TPSA) is 105 Å². The van der Waals surface area contributed by atoms with Crippen molar-refractivity contribution < 1.29 is 28.9 Å². The molecule has 8 heteroatoms. The summed E-state index contributed by atoms with van der Waals surface area (Å²) in [5.74, 6) is 0. The Bertz CT molecular complexity index is 717. The summed E-state index contributed by atoms with van der Waals surface area (Å²) in [5.41, 5.74) is 4.96. The molecule has 0 saturated carbocycles. The minimum Gasteiger partial charge on any atom is -0.222 e. The van der Waals surface area contributed by atoms with Crippen LogP contribution in [0.3, 0.4) is 0 Å². The van der Waals surface area contributed by atoms with Crippen LogP contribution in [0.15, 0.2) is 48.5 Å². The van der Waals surface area contributed by atoms with E-state index in [-0.39, 0.29) is 0 Å². The third kappa shape index (κ3) is 6.21. The molecule has 0 aliphatic carbocycles. The van der Waals surface area contributed by atoms with Gasteiger partial charge in [0, 0.05) is 5.56 Å². The number of halogens is 1. The normalized spacial score (nSPS) is 10.9. The molecule has 126 valence electrons. The molecule has 0 unspecified atom stereocenters. The number of hydrogen-bond donors (Lipinski definition) is 0. The smallest absolute Gasteiger partial charge is 0.222 e. The van der Waals surface area contributed by atoms with Crippen LogP contribution in [0.1, 0.15) is 11.1 Å². The Morgan fingerprint density at radius 1 is 0.792 bits per heavy atom. The Hall–Kier alpha value is -1.45. The molecule has 0 saturated heterocycles. The van der Waals surface area contributed by atoms with Gasteiger partial charge in [-0.3, -0.25) is 0 Å². The van der Waals surface area contributed by atoms with E-state index in [1.54, 1.807) is 20.7 Å². The van der Waals surface area contributed by atoms with Crippen LogP contribution < -0.4 is 18.6 Å². The molecule has 0 bridgehead atoms. The highest BCUT2D eigenvalue weighted by Crippen LogP contribution is 2.33. The van der Waals surface area contributed by atoms with Gasteiger partial charge in [0.1, 0.15) is 0 Å². The van der Waals surface area contributed by atoms with Gasteiger partial charge in [0.15, 0.2) is 15.3 Å². The van der Waals surface area contributed by atoms with Crippen LogP contribution in [0.25, 0.3) is 21.1 Å². The number of aryl methyl sites for hydroxylation is 2. The fourth-order valence-electron chi connectivity index (χ4n) is 1.83. The van der Waals surface area contributed by atoms with Crippen molar-refractivity contribution in [2.45, 2.75) is 13.8 Å². The van der Waals surface area contributed by atoms with Crippen molar-refractivity contribution in [3.8, 4) is 21.1 Å². The van der Waals surface area contributed by atoms with E-state index >= 15 is 0 Å². The van der Waals surface area contributed by atoms with E-state index in [4.69, 9.17) is 23.6 Å². The van der Waals surface area contributed by atoms with Crippen molar-refractivity contribution in [2.24, 2.45) is 0 Å². The average molecular weight is 384 g/mol. The minimum atomic E-state index is -4.94. The third-order valence-corrected chi connectivity index (χ3v) is 5.25. The predicted octanol–water partition coefficient (Wildman–Crippen LogP) is 0.681. The monoisotopic (exact) mass is 383 g/mol. The summed E-state index contributed by atoms with van der Waals surface area (Å²) < 4.78 is 34.0. The maximum atomic E-state index is 8.49. The van der Waals surface area contributed by atoms with Crippen LogP contribution in [-0.2, 0) is 0 Å². The maximum absolute atomic E-state index is 8.49. The summed E-state index contributed by atoms with van der Waals surface area (Å²) in [7, 11) is -1.47. The van der Waals surface area contributed by atoms with Crippen LogP contribution in [-0.4, -0.2) is 4.98 Å². The summed E-state index contributed by atoms with van der Waals surface area (Å²) in [6.07, 6.45) is 0. The molecule has 3 aromatic rings. The van der Waals surface area contributed by atoms with Gasteiger partial charge in [0.25, 0.3) is 0 Å². The van der Waals surface area contributed by atoms with Crippen LogP contribution in [0.2, 0.25) is 0 Å². The second kappa shape index (κ2) is 8.09. The number of aromatic nitrogens is 1. The Morgan fingerprint density at radius 2 is 1.21 bits per heavy atom. The SMILES string of the molecule is Cc1ccc(-c2nc(-c3ccc(C)cc3)[s+]s2)cc1.[O-][Cl+3]([O-])([O-])[O-]. The Balaban J connectivity index is 0.000000368. The molecule has 0 radical (unpaired) electrons. The van der Waals surface area contributed by atoms with Gasteiger partial charge in [0.05, 0.1) is 5.56 Å². The molecule has 2 aromatic carbocycles. The minimum absolute atomic E-state index is 1.10. The van der Waals surface area contributed by atoms with Crippen LogP contribution >= 0.6 is 20.7 Å². The molecule has 24 heavy (non-hydrogen) atoms. The molecule has 3 rings (SSSR count). The predicted molar refractivity (Wildman–Crippen MR) is 84.7 cm³/mol. The summed E-state index contributed by atoms with van der Waals surface area (Å²) in [6, 6.07) is 17.1. The zero-order chi connectivity index (χ0) is 17.7. The quantitative estimate of drug-likeness (QED) is 0.478. The zero-order valence-corrected chi connectivity index (χ0v) is 15.3. The summed E-state index contributed by atoms with van der Waals surface area (Å²) >= 11 is 0. The zero-order valence-electron chi connectivity index (χ0n) is 12.9. The fourth-order valence-corrected chi connectivity index (χ4v) is 4.04. The van der Waals surface area contributed by atoms with Gasteiger partial charge in [-0.05, 0) is 26.0 Å². The largest absolute Gasteiger partial charge is 0.348 e. The van der Waals surface area contributed by atoms with Crippen LogP contribution in [0.5, 0.6) is 0 Å². The molecule has 5 nitrogen and oxygen atoms in total. The highest BCUT2D eigenvalue weighted by atomic mass is 35.7. The molecule has 0 atom stereocenters. The first kappa shape index (κ1) is 18.9. The lowest BCUT2D eigenvalue weighted by atomic mass is 10.1. The van der Waals surface area contributed by atoms with E-state index in [9.17, 15) is 0 Å². The number of rotatable bonds is 2. The van der Waals surface area contributed by atoms with Gasteiger partial charge >= 0.3 is 15.3 Å². The highest BCUT2D eigenvalue weighted by Gasteiger charge is 2.18. The van der Waals surface area contributed by atoms with Gasteiger partial charge in [-0.2, -0.15) is 4.98 Å². The van der Waals surface area contributed by atoms with Crippen LogP contribution in [0.4, 0.5) is 0 Å². The van der Waals surface area contributed by atoms with E-state index < -0.39 is 10.2 Å². The lowest BCUT2D eigenvalue weighted by Gasteiger charge is -2.17. The summed E-state index contributed by atoms with van der Waals surface area (Å²) in [5, 5.41) is 2.20. The highest BCUT2D eigenvalue weighted by molar-refractivity contribution is 7.71. The molecule has 0 amide bonds. The maximum Gasteiger partial charge on any atom is 0.348 e. The number of nitrogens with zero attached hydrogens (tertiary/aromatic N) is 1. The number of benzene rings is 2. The van der Waals surface area contributed by atoms with Crippen molar-refractivity contribution >= 4 is 20.7 Å². The van der Waals surface area contributed by atoms with Gasteiger partial charge in [0.2, 0.25) is 0 Å². The van der Waals surface area contributed by atoms with Gasteiger partial charge < -0.3 is 0 Å². The van der Waals surface area contributed by atoms with Crippen LogP contribution in [0, 0.1) is 24.1 Å². The summed E-state index contributed by atoms with van der Waals surface area (Å²) in [6.45, 7) is 4.21. The van der Waals surface area contributed by atoms with Gasteiger partial charge in [-0.15, -0.1) is 10.2 Å². The van der Waals surface area contributed by atoms with Crippen molar-refractivity contribution in [2.75, 3.05) is 0 Å². The molecule has 0 N–H and O–H groups in total. The standard InChI is InChI=1S/C16H14NS2.ClHO4/c1-11-3-7-13(8-4-11)15-17-16(19-18-15)14-9-5-12(2)6-10-14;2-1(3,4)5/h3-10H,1-2H3;(H,2,3,4,5)/q+1;/p-1. The Kier molecular flexibility index (Phi) is 6.36. The molecule has 0 fully saturated rings. The van der Waals surface area contributed by atoms with E-state index in [0.717, 1.165) is 10.0 Å². The van der Waals surface area contributed by atoms with Crippen molar-refractivity contribution in [3.63, 3.8) is 0 Å². The lowest BCUT2D eigenvalue weighted by molar-refractivity contribution is -2.00. The molecular weight excluding hydrogens is 370 g/mol. The Morgan fingerprint density at radius 3 is 1.67 bits per heavy atom. The molecule has 0 aliphatic heterocycles. The van der Waals surface area contributed by atoms with E-state index in [1.165, 1.54) is 22.3 Å². The third-order valence-electron chi connectivity index (χ3n) is 3.00. The average Bonchev–Trinajstić information content (AvgIpc) is 2.97. The second-order valence-corrected chi connectivity index (χ2v) is 7.86. The van der Waals surface area contributed by atoms with Gasteiger partial charge in [-0.1, -0.05) is 47.5 Å². The fraction of sp³-hybridized carbons (Fsp3) is 0.125. The second-order valence-electron chi connectivity index (χ2n) is 5.00. The van der Waals surface area contributed by atoms with Crippen molar-refractivity contribution in [1.82, 2.24) is 4.98 Å². The van der Waals surface area contributed by atoms with Crippen molar-refractivity contribution in [3.05, 3.63) is 59.7 Å². The number of hydrogen-bond acceptors (Lipinski definition) is 6. The molecule has 0 spiro atoms. The first-order chi connectivity index (χ1) is 11.2. The molecule has 1 heterocycles. The Labute approximate surface area is 149 Å². The summed E-state index contributed by atoms with van der Waals surface area (Å²) in [4.78, 5) is 4.75. The van der Waals surface area contributed by atoms with Crippen molar-refractivity contribution in [1.29, 1.82) is 0 Å². The van der Waals surface area contributed by atoms with E-state index in [1.807, 2.05) is 0 Å². The molecule has 0 aliphatic rings. The van der Waals surface area contributed by atoms with E-state index in [0.29, 0.717) is 0 Å². The molecule has 1 aromatic heterocycles.